The van der Waals surface area contributed by atoms with Crippen LogP contribution >= 0.6 is 0 Å². The van der Waals surface area contributed by atoms with Gasteiger partial charge in [0.25, 0.3) is 0 Å². The second-order valence-electron chi connectivity index (χ2n) is 7.97. The van der Waals surface area contributed by atoms with Gasteiger partial charge in [0.1, 0.15) is 5.69 Å². The summed E-state index contributed by atoms with van der Waals surface area (Å²) in [6.07, 6.45) is 3.31. The molecule has 1 atom stereocenters. The third kappa shape index (κ3) is 4.26. The van der Waals surface area contributed by atoms with Crippen molar-refractivity contribution in [3.05, 3.63) is 96.7 Å². The first-order chi connectivity index (χ1) is 15.3. The molecule has 1 amide bonds. The van der Waals surface area contributed by atoms with Crippen LogP contribution in [-0.2, 0) is 11.2 Å². The van der Waals surface area contributed by atoms with Gasteiger partial charge in [-0.25, -0.2) is 4.68 Å². The van der Waals surface area contributed by atoms with Crippen molar-refractivity contribution in [1.82, 2.24) is 19.9 Å². The lowest BCUT2D eigenvalue weighted by Gasteiger charge is -2.16. The van der Waals surface area contributed by atoms with Gasteiger partial charge in [-0.3, -0.25) is 4.79 Å². The van der Waals surface area contributed by atoms with Gasteiger partial charge in [0.05, 0.1) is 18.7 Å². The van der Waals surface area contributed by atoms with E-state index in [1.807, 2.05) is 64.3 Å². The Balaban J connectivity index is 1.20. The highest BCUT2D eigenvalue weighted by atomic mass is 16.2. The molecule has 5 nitrogen and oxygen atoms in total. The highest BCUT2D eigenvalue weighted by molar-refractivity contribution is 5.79. The van der Waals surface area contributed by atoms with Gasteiger partial charge < -0.3 is 4.90 Å². The van der Waals surface area contributed by atoms with Crippen LogP contribution < -0.4 is 0 Å². The second-order valence-corrected chi connectivity index (χ2v) is 7.97. The van der Waals surface area contributed by atoms with E-state index in [1.165, 1.54) is 11.1 Å². The molecular weight excluding hydrogens is 384 g/mol. The third-order valence-electron chi connectivity index (χ3n) is 5.89. The number of nitrogens with zero attached hydrogens (tertiary/aromatic N) is 4. The highest BCUT2D eigenvalue weighted by Gasteiger charge is 2.28. The second kappa shape index (κ2) is 8.56. The van der Waals surface area contributed by atoms with Crippen molar-refractivity contribution in [2.45, 2.75) is 18.9 Å². The van der Waals surface area contributed by atoms with E-state index in [0.717, 1.165) is 29.8 Å². The van der Waals surface area contributed by atoms with Gasteiger partial charge in [-0.05, 0) is 23.1 Å². The molecule has 154 valence electrons. The number of benzene rings is 3. The zero-order valence-corrected chi connectivity index (χ0v) is 17.3. The van der Waals surface area contributed by atoms with Gasteiger partial charge in [-0.1, -0.05) is 90.1 Å². The van der Waals surface area contributed by atoms with Crippen LogP contribution in [0.15, 0.2) is 91.1 Å². The molecule has 1 aliphatic heterocycles. The largest absolute Gasteiger partial charge is 0.340 e. The summed E-state index contributed by atoms with van der Waals surface area (Å²) in [7, 11) is 0. The Hall–Kier alpha value is -3.73. The van der Waals surface area contributed by atoms with Gasteiger partial charge in [0, 0.05) is 18.7 Å². The molecule has 4 aromatic rings. The van der Waals surface area contributed by atoms with E-state index in [-0.39, 0.29) is 11.9 Å². The number of hydrogen-bond donors (Lipinski definition) is 0. The summed E-state index contributed by atoms with van der Waals surface area (Å²) < 4.78 is 1.91. The van der Waals surface area contributed by atoms with Gasteiger partial charge >= 0.3 is 0 Å². The van der Waals surface area contributed by atoms with Crippen LogP contribution in [0.2, 0.25) is 0 Å². The predicted molar refractivity (Wildman–Crippen MR) is 121 cm³/mol. The predicted octanol–water partition coefficient (Wildman–Crippen LogP) is 4.63. The lowest BCUT2D eigenvalue weighted by molar-refractivity contribution is -0.129. The molecular formula is C26H24N4O. The Kier molecular flexibility index (Phi) is 5.31. The molecule has 0 N–H and O–H groups in total. The molecule has 1 unspecified atom stereocenters. The standard InChI is InChI=1S/C26H24N4O/c31-26(17-20-11-13-22(14-12-20)21-7-3-1-4-8-21)29-16-15-24(18-29)30-19-25(27-28-30)23-9-5-2-6-10-23/h1-14,19,24H,15-18H2. The molecule has 3 aromatic carbocycles. The van der Waals surface area contributed by atoms with E-state index in [0.29, 0.717) is 13.0 Å². The minimum atomic E-state index is 0.165. The number of amides is 1. The average Bonchev–Trinajstić information content (AvgIpc) is 3.51. The van der Waals surface area contributed by atoms with E-state index >= 15 is 0 Å². The summed E-state index contributed by atoms with van der Waals surface area (Å²) in [5, 5.41) is 8.63. The van der Waals surface area contributed by atoms with Gasteiger partial charge in [-0.15, -0.1) is 5.10 Å². The van der Waals surface area contributed by atoms with Gasteiger partial charge in [0.2, 0.25) is 5.91 Å². The van der Waals surface area contributed by atoms with Crippen molar-refractivity contribution in [3.63, 3.8) is 0 Å². The minimum absolute atomic E-state index is 0.165. The first-order valence-electron chi connectivity index (χ1n) is 10.7. The van der Waals surface area contributed by atoms with Crippen LogP contribution in [0.3, 0.4) is 0 Å². The number of carbonyl (C=O) groups is 1. The molecule has 0 saturated carbocycles. The maximum absolute atomic E-state index is 12.9. The zero-order valence-electron chi connectivity index (χ0n) is 17.3. The van der Waals surface area contributed by atoms with Crippen molar-refractivity contribution in [1.29, 1.82) is 0 Å². The maximum atomic E-state index is 12.9. The fraction of sp³-hybridized carbons (Fsp3) is 0.192. The fourth-order valence-electron chi connectivity index (χ4n) is 4.11. The monoisotopic (exact) mass is 408 g/mol. The van der Waals surface area contributed by atoms with Crippen LogP contribution in [0.1, 0.15) is 18.0 Å². The smallest absolute Gasteiger partial charge is 0.227 e. The Labute approximate surface area is 182 Å². The first kappa shape index (κ1) is 19.2. The zero-order chi connectivity index (χ0) is 21.0. The Bertz CT molecular complexity index is 1150. The molecule has 0 radical (unpaired) electrons. The molecule has 1 aliphatic rings. The van der Waals surface area contributed by atoms with E-state index in [1.54, 1.807) is 0 Å². The highest BCUT2D eigenvalue weighted by Crippen LogP contribution is 2.25. The average molecular weight is 409 g/mol. The molecule has 0 spiro atoms. The molecule has 1 saturated heterocycles. The molecule has 5 rings (SSSR count). The number of carbonyl (C=O) groups excluding carboxylic acids is 1. The minimum Gasteiger partial charge on any atom is -0.340 e. The number of likely N-dealkylation sites (tertiary alicyclic amines) is 1. The first-order valence-corrected chi connectivity index (χ1v) is 10.7. The number of aromatic nitrogens is 3. The van der Waals surface area contributed by atoms with Crippen molar-refractivity contribution in [2.24, 2.45) is 0 Å². The Morgan fingerprint density at radius 2 is 1.48 bits per heavy atom. The quantitative estimate of drug-likeness (QED) is 0.484. The molecule has 0 aliphatic carbocycles. The van der Waals surface area contributed by atoms with E-state index in [2.05, 4.69) is 46.7 Å². The van der Waals surface area contributed by atoms with Crippen LogP contribution in [0.4, 0.5) is 0 Å². The molecule has 2 heterocycles. The summed E-state index contributed by atoms with van der Waals surface area (Å²) in [6.45, 7) is 1.44. The van der Waals surface area contributed by atoms with Crippen LogP contribution in [0.5, 0.6) is 0 Å². The summed E-state index contributed by atoms with van der Waals surface area (Å²) in [5.74, 6) is 0.165. The van der Waals surface area contributed by atoms with Crippen molar-refractivity contribution in [3.8, 4) is 22.4 Å². The van der Waals surface area contributed by atoms with E-state index in [4.69, 9.17) is 0 Å². The Morgan fingerprint density at radius 1 is 0.839 bits per heavy atom. The summed E-state index contributed by atoms with van der Waals surface area (Å²) >= 11 is 0. The molecule has 5 heteroatoms. The fourth-order valence-corrected chi connectivity index (χ4v) is 4.11. The summed E-state index contributed by atoms with van der Waals surface area (Å²) in [6, 6.07) is 28.8. The number of rotatable bonds is 5. The summed E-state index contributed by atoms with van der Waals surface area (Å²) in [5.41, 5.74) is 5.31. The SMILES string of the molecule is O=C(Cc1ccc(-c2ccccc2)cc1)N1CCC(n2cc(-c3ccccc3)nn2)C1. The molecule has 1 fully saturated rings. The van der Waals surface area contributed by atoms with Crippen LogP contribution in [0.25, 0.3) is 22.4 Å². The van der Waals surface area contributed by atoms with Crippen LogP contribution in [-0.4, -0.2) is 38.9 Å². The third-order valence-corrected chi connectivity index (χ3v) is 5.89. The van der Waals surface area contributed by atoms with Crippen LogP contribution in [0, 0.1) is 0 Å². The lowest BCUT2D eigenvalue weighted by atomic mass is 10.0. The van der Waals surface area contributed by atoms with Gasteiger partial charge in [0.15, 0.2) is 0 Å². The topological polar surface area (TPSA) is 51.0 Å². The van der Waals surface area contributed by atoms with Crippen molar-refractivity contribution < 1.29 is 4.79 Å². The molecule has 1 aromatic heterocycles. The number of hydrogen-bond acceptors (Lipinski definition) is 3. The lowest BCUT2D eigenvalue weighted by Crippen LogP contribution is -2.30. The maximum Gasteiger partial charge on any atom is 0.227 e. The molecule has 31 heavy (non-hydrogen) atoms. The van der Waals surface area contributed by atoms with E-state index in [9.17, 15) is 4.79 Å². The van der Waals surface area contributed by atoms with Crippen molar-refractivity contribution in [2.75, 3.05) is 13.1 Å². The van der Waals surface area contributed by atoms with Crippen molar-refractivity contribution >= 4 is 5.91 Å². The summed E-state index contributed by atoms with van der Waals surface area (Å²) in [4.78, 5) is 14.8. The normalized spacial score (nSPS) is 15.9. The Morgan fingerprint density at radius 3 is 2.19 bits per heavy atom. The van der Waals surface area contributed by atoms with Gasteiger partial charge in [-0.2, -0.15) is 0 Å². The van der Waals surface area contributed by atoms with E-state index < -0.39 is 0 Å². The molecule has 0 bridgehead atoms.